The zero-order valence-electron chi connectivity index (χ0n) is 8.71. The van der Waals surface area contributed by atoms with Gasteiger partial charge in [-0.05, 0) is 18.7 Å². The van der Waals surface area contributed by atoms with Crippen molar-refractivity contribution in [2.45, 2.75) is 6.92 Å². The summed E-state index contributed by atoms with van der Waals surface area (Å²) in [4.78, 5) is 4.18. The highest BCUT2D eigenvalue weighted by atomic mass is 16.5. The molecule has 2 N–H and O–H groups in total. The van der Waals surface area contributed by atoms with Gasteiger partial charge in [0.25, 0.3) is 0 Å². The second-order valence-corrected chi connectivity index (χ2v) is 2.86. The predicted octanol–water partition coefficient (Wildman–Crippen LogP) is 1.11. The van der Waals surface area contributed by atoms with E-state index in [1.807, 2.05) is 12.1 Å². The first-order chi connectivity index (χ1) is 6.86. The van der Waals surface area contributed by atoms with Crippen LogP contribution in [0.3, 0.4) is 0 Å². The van der Waals surface area contributed by atoms with Gasteiger partial charge in [0.05, 0.1) is 13.3 Å². The fourth-order valence-corrected chi connectivity index (χ4v) is 1.06. The fourth-order valence-electron chi connectivity index (χ4n) is 1.06. The maximum Gasteiger partial charge on any atom is 0.137 e. The van der Waals surface area contributed by atoms with Gasteiger partial charge in [0, 0.05) is 13.1 Å². The highest BCUT2D eigenvalue weighted by molar-refractivity contribution is 5.37. The van der Waals surface area contributed by atoms with Crippen LogP contribution in [0.25, 0.3) is 0 Å². The van der Waals surface area contributed by atoms with Gasteiger partial charge in [-0.1, -0.05) is 6.92 Å². The lowest BCUT2D eigenvalue weighted by Gasteiger charge is -2.06. The second-order valence-electron chi connectivity index (χ2n) is 2.86. The van der Waals surface area contributed by atoms with Crippen LogP contribution in [0, 0.1) is 0 Å². The van der Waals surface area contributed by atoms with E-state index < -0.39 is 0 Å². The van der Waals surface area contributed by atoms with Gasteiger partial charge >= 0.3 is 0 Å². The standard InChI is InChI=1S/C10H17N3O/c1-3-11-6-7-12-10-5-4-9(14-2)8-13-10/h4-5,8,11H,3,6-7H2,1-2H3,(H,12,13). The zero-order chi connectivity index (χ0) is 10.2. The second kappa shape index (κ2) is 6.21. The normalized spacial score (nSPS) is 9.86. The van der Waals surface area contributed by atoms with Crippen LogP contribution in [0.1, 0.15) is 6.92 Å². The van der Waals surface area contributed by atoms with E-state index in [1.54, 1.807) is 13.3 Å². The first-order valence-corrected chi connectivity index (χ1v) is 4.81. The summed E-state index contributed by atoms with van der Waals surface area (Å²) in [7, 11) is 1.63. The van der Waals surface area contributed by atoms with Crippen LogP contribution < -0.4 is 15.4 Å². The first-order valence-electron chi connectivity index (χ1n) is 4.81. The third kappa shape index (κ3) is 3.62. The molecule has 0 aliphatic heterocycles. The van der Waals surface area contributed by atoms with Crippen molar-refractivity contribution in [1.82, 2.24) is 10.3 Å². The number of methoxy groups -OCH3 is 1. The maximum atomic E-state index is 5.01. The average Bonchev–Trinajstić information content (AvgIpc) is 2.25. The molecule has 0 saturated carbocycles. The summed E-state index contributed by atoms with van der Waals surface area (Å²) in [6.07, 6.45) is 1.70. The van der Waals surface area contributed by atoms with Gasteiger partial charge in [-0.15, -0.1) is 0 Å². The van der Waals surface area contributed by atoms with Crippen molar-refractivity contribution in [3.8, 4) is 5.75 Å². The van der Waals surface area contributed by atoms with Crippen LogP contribution in [0.5, 0.6) is 5.75 Å². The van der Waals surface area contributed by atoms with E-state index in [2.05, 4.69) is 22.5 Å². The summed E-state index contributed by atoms with van der Waals surface area (Å²) in [5, 5.41) is 6.43. The highest BCUT2D eigenvalue weighted by Gasteiger charge is 1.93. The summed E-state index contributed by atoms with van der Waals surface area (Å²) in [6, 6.07) is 3.80. The number of likely N-dealkylation sites (N-methyl/N-ethyl adjacent to an activating group) is 1. The Balaban J connectivity index is 2.29. The Morgan fingerprint density at radius 2 is 2.21 bits per heavy atom. The molecular formula is C10H17N3O. The minimum atomic E-state index is 0.780. The summed E-state index contributed by atoms with van der Waals surface area (Å²) in [5.74, 6) is 1.66. The third-order valence-corrected chi connectivity index (χ3v) is 1.83. The Morgan fingerprint density at radius 3 is 2.79 bits per heavy atom. The summed E-state index contributed by atoms with van der Waals surface area (Å²) in [6.45, 7) is 4.92. The number of ether oxygens (including phenoxy) is 1. The molecule has 0 saturated heterocycles. The highest BCUT2D eigenvalue weighted by Crippen LogP contribution is 2.10. The molecule has 0 atom stereocenters. The van der Waals surface area contributed by atoms with Gasteiger partial charge in [0.1, 0.15) is 11.6 Å². The van der Waals surface area contributed by atoms with Crippen molar-refractivity contribution >= 4 is 5.82 Å². The molecule has 78 valence electrons. The molecule has 1 aromatic rings. The fraction of sp³-hybridized carbons (Fsp3) is 0.500. The summed E-state index contributed by atoms with van der Waals surface area (Å²) in [5.41, 5.74) is 0. The minimum Gasteiger partial charge on any atom is -0.495 e. The Bertz CT molecular complexity index is 248. The largest absolute Gasteiger partial charge is 0.495 e. The van der Waals surface area contributed by atoms with Crippen molar-refractivity contribution < 1.29 is 4.74 Å². The van der Waals surface area contributed by atoms with Crippen LogP contribution in [-0.2, 0) is 0 Å². The number of anilines is 1. The molecule has 0 aliphatic carbocycles. The van der Waals surface area contributed by atoms with Gasteiger partial charge < -0.3 is 15.4 Å². The molecule has 0 spiro atoms. The molecule has 0 aliphatic rings. The Hall–Kier alpha value is -1.29. The molecular weight excluding hydrogens is 178 g/mol. The first kappa shape index (κ1) is 10.8. The van der Waals surface area contributed by atoms with E-state index in [4.69, 9.17) is 4.74 Å². The van der Waals surface area contributed by atoms with Crippen LogP contribution in [0.4, 0.5) is 5.82 Å². The number of pyridine rings is 1. The number of nitrogens with one attached hydrogen (secondary N) is 2. The van der Waals surface area contributed by atoms with E-state index >= 15 is 0 Å². The quantitative estimate of drug-likeness (QED) is 0.667. The van der Waals surface area contributed by atoms with E-state index in [9.17, 15) is 0 Å². The number of hydrogen-bond donors (Lipinski definition) is 2. The lowest BCUT2D eigenvalue weighted by Crippen LogP contribution is -2.21. The van der Waals surface area contributed by atoms with E-state index in [-0.39, 0.29) is 0 Å². The molecule has 0 aromatic carbocycles. The van der Waals surface area contributed by atoms with Crippen LogP contribution in [-0.4, -0.2) is 31.7 Å². The molecule has 4 heteroatoms. The van der Waals surface area contributed by atoms with Gasteiger partial charge in [-0.25, -0.2) is 4.98 Å². The minimum absolute atomic E-state index is 0.780. The molecule has 4 nitrogen and oxygen atoms in total. The molecule has 0 bridgehead atoms. The van der Waals surface area contributed by atoms with Crippen LogP contribution >= 0.6 is 0 Å². The number of nitrogens with zero attached hydrogens (tertiary/aromatic N) is 1. The molecule has 1 aromatic heterocycles. The molecule has 0 amide bonds. The average molecular weight is 195 g/mol. The molecule has 14 heavy (non-hydrogen) atoms. The topological polar surface area (TPSA) is 46.2 Å². The van der Waals surface area contributed by atoms with Crippen molar-refractivity contribution in [1.29, 1.82) is 0 Å². The van der Waals surface area contributed by atoms with E-state index in [0.717, 1.165) is 31.2 Å². The SMILES string of the molecule is CCNCCNc1ccc(OC)cn1. The van der Waals surface area contributed by atoms with Crippen molar-refractivity contribution in [3.63, 3.8) is 0 Å². The lowest BCUT2D eigenvalue weighted by atomic mass is 10.4. The monoisotopic (exact) mass is 195 g/mol. The number of aromatic nitrogens is 1. The maximum absolute atomic E-state index is 5.01. The lowest BCUT2D eigenvalue weighted by molar-refractivity contribution is 0.413. The smallest absolute Gasteiger partial charge is 0.137 e. The van der Waals surface area contributed by atoms with Gasteiger partial charge in [-0.3, -0.25) is 0 Å². The number of hydrogen-bond acceptors (Lipinski definition) is 4. The van der Waals surface area contributed by atoms with Crippen molar-refractivity contribution in [3.05, 3.63) is 18.3 Å². The van der Waals surface area contributed by atoms with E-state index in [0.29, 0.717) is 0 Å². The molecule has 0 fully saturated rings. The van der Waals surface area contributed by atoms with Crippen molar-refractivity contribution in [2.24, 2.45) is 0 Å². The van der Waals surface area contributed by atoms with Gasteiger partial charge in [0.15, 0.2) is 0 Å². The zero-order valence-corrected chi connectivity index (χ0v) is 8.71. The number of rotatable bonds is 6. The molecule has 1 rings (SSSR count). The van der Waals surface area contributed by atoms with Crippen LogP contribution in [0.15, 0.2) is 18.3 Å². The molecule has 0 radical (unpaired) electrons. The van der Waals surface area contributed by atoms with Crippen LogP contribution in [0.2, 0.25) is 0 Å². The Morgan fingerprint density at radius 1 is 1.36 bits per heavy atom. The Labute approximate surface area is 84.7 Å². The van der Waals surface area contributed by atoms with E-state index in [1.165, 1.54) is 0 Å². The Kier molecular flexibility index (Phi) is 4.78. The third-order valence-electron chi connectivity index (χ3n) is 1.83. The predicted molar refractivity (Wildman–Crippen MR) is 57.8 cm³/mol. The van der Waals surface area contributed by atoms with Gasteiger partial charge in [-0.2, -0.15) is 0 Å². The van der Waals surface area contributed by atoms with Crippen molar-refractivity contribution in [2.75, 3.05) is 32.1 Å². The summed E-state index contributed by atoms with van der Waals surface area (Å²) < 4.78 is 5.01. The molecule has 1 heterocycles. The summed E-state index contributed by atoms with van der Waals surface area (Å²) >= 11 is 0. The van der Waals surface area contributed by atoms with Gasteiger partial charge in [0.2, 0.25) is 0 Å². The molecule has 0 unspecified atom stereocenters.